The maximum Gasteiger partial charge on any atom is 0.132 e. The van der Waals surface area contributed by atoms with Gasteiger partial charge < -0.3 is 10.2 Å². The fraction of sp³-hybridized carbons (Fsp3) is 0. The molecule has 0 spiro atoms. The van der Waals surface area contributed by atoms with Gasteiger partial charge in [-0.15, -0.1) is 0 Å². The highest BCUT2D eigenvalue weighted by molar-refractivity contribution is 6.15. The molecule has 0 atom stereocenters. The van der Waals surface area contributed by atoms with Crippen LogP contribution in [0.15, 0.2) is 170 Å². The Morgan fingerprint density at radius 2 is 0.587 bits per heavy atom. The highest BCUT2D eigenvalue weighted by Crippen LogP contribution is 2.54. The lowest BCUT2D eigenvalue weighted by molar-refractivity contribution is 0.476. The molecule has 2 N–H and O–H groups in total. The van der Waals surface area contributed by atoms with E-state index in [0.29, 0.717) is 11.1 Å². The molecule has 0 radical (unpaired) electrons. The van der Waals surface area contributed by atoms with E-state index in [1.165, 1.54) is 0 Å². The van der Waals surface area contributed by atoms with Crippen molar-refractivity contribution in [3.8, 4) is 67.1 Å². The molecule has 0 aliphatic carbocycles. The van der Waals surface area contributed by atoms with E-state index in [1.54, 1.807) is 0 Å². The molecule has 0 unspecified atom stereocenters. The van der Waals surface area contributed by atoms with Gasteiger partial charge in [0.2, 0.25) is 0 Å². The third-order valence-electron chi connectivity index (χ3n) is 8.87. The van der Waals surface area contributed by atoms with Gasteiger partial charge in [-0.1, -0.05) is 158 Å². The van der Waals surface area contributed by atoms with Gasteiger partial charge in [0.05, 0.1) is 0 Å². The molecule has 0 aromatic heterocycles. The van der Waals surface area contributed by atoms with E-state index in [2.05, 4.69) is 72.8 Å². The Labute approximate surface area is 268 Å². The zero-order valence-electron chi connectivity index (χ0n) is 25.1. The average molecular weight is 591 g/mol. The maximum atomic E-state index is 12.6. The number of hydrogen-bond donors (Lipinski definition) is 2. The second kappa shape index (κ2) is 11.4. The van der Waals surface area contributed by atoms with E-state index < -0.39 is 0 Å². The summed E-state index contributed by atoms with van der Waals surface area (Å²) in [6, 6.07) is 57.1. The van der Waals surface area contributed by atoms with Crippen LogP contribution in [-0.2, 0) is 0 Å². The third-order valence-corrected chi connectivity index (χ3v) is 8.87. The molecule has 0 heterocycles. The van der Waals surface area contributed by atoms with Crippen LogP contribution in [0.1, 0.15) is 0 Å². The van der Waals surface area contributed by atoms with Crippen LogP contribution >= 0.6 is 0 Å². The number of phenols is 2. The summed E-state index contributed by atoms with van der Waals surface area (Å²) in [5.74, 6) is 0.277. The minimum atomic E-state index is 0.139. The number of phenolic OH excluding ortho intramolecular Hbond substituents is 2. The van der Waals surface area contributed by atoms with Crippen molar-refractivity contribution in [1.29, 1.82) is 0 Å². The fourth-order valence-corrected chi connectivity index (χ4v) is 6.78. The Kier molecular flexibility index (Phi) is 6.81. The van der Waals surface area contributed by atoms with Crippen LogP contribution in [0.2, 0.25) is 0 Å². The minimum Gasteiger partial charge on any atom is -0.507 e. The van der Waals surface area contributed by atoms with Crippen molar-refractivity contribution in [3.05, 3.63) is 170 Å². The summed E-state index contributed by atoms with van der Waals surface area (Å²) in [6.45, 7) is 0. The molecule has 0 aliphatic rings. The topological polar surface area (TPSA) is 40.5 Å². The predicted molar refractivity (Wildman–Crippen MR) is 192 cm³/mol. The molecule has 46 heavy (non-hydrogen) atoms. The lowest BCUT2D eigenvalue weighted by atomic mass is 9.82. The molecule has 0 saturated carbocycles. The molecule has 0 aliphatic heterocycles. The summed E-state index contributed by atoms with van der Waals surface area (Å²) in [5.41, 5.74) is 8.69. The van der Waals surface area contributed by atoms with Gasteiger partial charge in [-0.25, -0.2) is 0 Å². The van der Waals surface area contributed by atoms with Gasteiger partial charge in [0.15, 0.2) is 0 Å². The van der Waals surface area contributed by atoms with Crippen molar-refractivity contribution in [1.82, 2.24) is 0 Å². The number of rotatable bonds is 5. The van der Waals surface area contributed by atoms with Crippen LogP contribution in [0.3, 0.4) is 0 Å². The van der Waals surface area contributed by atoms with E-state index in [9.17, 15) is 10.2 Å². The molecule has 0 bridgehead atoms. The molecule has 2 heteroatoms. The summed E-state index contributed by atoms with van der Waals surface area (Å²) in [5, 5.41) is 28.6. The number of hydrogen-bond acceptors (Lipinski definition) is 2. The lowest BCUT2D eigenvalue weighted by Crippen LogP contribution is -1.95. The molecular weight excluding hydrogens is 560 g/mol. The minimum absolute atomic E-state index is 0.139. The molecule has 0 fully saturated rings. The number of fused-ring (bicyclic) bond motifs is 2. The first-order valence-electron chi connectivity index (χ1n) is 15.5. The maximum absolute atomic E-state index is 12.6. The lowest BCUT2D eigenvalue weighted by Gasteiger charge is -2.22. The fourth-order valence-electron chi connectivity index (χ4n) is 6.78. The van der Waals surface area contributed by atoms with Crippen molar-refractivity contribution < 1.29 is 10.2 Å². The van der Waals surface area contributed by atoms with E-state index in [1.807, 2.05) is 97.1 Å². The van der Waals surface area contributed by atoms with Gasteiger partial charge in [0, 0.05) is 21.9 Å². The van der Waals surface area contributed by atoms with Crippen molar-refractivity contribution in [2.45, 2.75) is 0 Å². The Hall–Kier alpha value is -6.12. The summed E-state index contributed by atoms with van der Waals surface area (Å²) in [4.78, 5) is 0. The normalized spacial score (nSPS) is 11.2. The second-order valence-corrected chi connectivity index (χ2v) is 11.6. The third kappa shape index (κ3) is 4.60. The molecular formula is C44H30O2. The van der Waals surface area contributed by atoms with Gasteiger partial charge in [-0.2, -0.15) is 0 Å². The van der Waals surface area contributed by atoms with Gasteiger partial charge >= 0.3 is 0 Å². The van der Waals surface area contributed by atoms with Crippen LogP contribution < -0.4 is 0 Å². The van der Waals surface area contributed by atoms with Crippen molar-refractivity contribution in [2.75, 3.05) is 0 Å². The molecule has 0 saturated heterocycles. The van der Waals surface area contributed by atoms with Crippen molar-refractivity contribution in [2.24, 2.45) is 0 Å². The summed E-state index contributed by atoms with van der Waals surface area (Å²) >= 11 is 0. The monoisotopic (exact) mass is 590 g/mol. The smallest absolute Gasteiger partial charge is 0.132 e. The summed E-state index contributed by atoms with van der Waals surface area (Å²) < 4.78 is 0. The van der Waals surface area contributed by atoms with Gasteiger partial charge in [-0.05, 0) is 67.4 Å². The van der Waals surface area contributed by atoms with E-state index >= 15 is 0 Å². The zero-order valence-corrected chi connectivity index (χ0v) is 25.1. The van der Waals surface area contributed by atoms with E-state index in [0.717, 1.165) is 66.1 Å². The molecule has 8 aromatic carbocycles. The standard InChI is InChI=1S/C44H30O2/c45-43-39-33(23-13-25-35(39)29-15-5-1-6-16-29)27-37(31-19-9-3-10-20-31)41(43)42-38(32-21-11-4-12-22-32)28-34-24-14-26-36(40(34)44(42)46)30-17-7-2-8-18-30/h1-28,45-46H. The van der Waals surface area contributed by atoms with E-state index in [-0.39, 0.29) is 11.5 Å². The first-order chi connectivity index (χ1) is 22.7. The predicted octanol–water partition coefficient (Wildman–Crippen LogP) is 11.7. The van der Waals surface area contributed by atoms with Crippen LogP contribution in [0.5, 0.6) is 11.5 Å². The quantitative estimate of drug-likeness (QED) is 0.209. The van der Waals surface area contributed by atoms with Gasteiger partial charge in [0.25, 0.3) is 0 Å². The van der Waals surface area contributed by atoms with E-state index in [4.69, 9.17) is 0 Å². The molecule has 218 valence electrons. The Bertz CT molecular complexity index is 2170. The van der Waals surface area contributed by atoms with Crippen LogP contribution in [0, 0.1) is 0 Å². The molecule has 8 rings (SSSR count). The Morgan fingerprint density at radius 3 is 0.913 bits per heavy atom. The highest BCUT2D eigenvalue weighted by Gasteiger charge is 2.26. The average Bonchev–Trinajstić information content (AvgIpc) is 3.13. The Balaban J connectivity index is 1.57. The van der Waals surface area contributed by atoms with Gasteiger partial charge in [0.1, 0.15) is 11.5 Å². The Morgan fingerprint density at radius 1 is 0.283 bits per heavy atom. The van der Waals surface area contributed by atoms with Crippen LogP contribution in [0.4, 0.5) is 0 Å². The number of aromatic hydroxyl groups is 2. The van der Waals surface area contributed by atoms with Crippen molar-refractivity contribution in [3.63, 3.8) is 0 Å². The number of benzene rings is 8. The first-order valence-corrected chi connectivity index (χ1v) is 15.5. The van der Waals surface area contributed by atoms with Crippen LogP contribution in [-0.4, -0.2) is 10.2 Å². The van der Waals surface area contributed by atoms with Gasteiger partial charge in [-0.3, -0.25) is 0 Å². The molecule has 2 nitrogen and oxygen atoms in total. The van der Waals surface area contributed by atoms with Crippen molar-refractivity contribution >= 4 is 21.5 Å². The summed E-state index contributed by atoms with van der Waals surface area (Å²) in [6.07, 6.45) is 0. The molecule has 0 amide bonds. The molecule has 8 aromatic rings. The second-order valence-electron chi connectivity index (χ2n) is 11.6. The highest BCUT2D eigenvalue weighted by atomic mass is 16.3. The van der Waals surface area contributed by atoms with Crippen LogP contribution in [0.25, 0.3) is 77.2 Å². The first kappa shape index (κ1) is 27.4. The zero-order chi connectivity index (χ0) is 31.0. The largest absolute Gasteiger partial charge is 0.507 e. The summed E-state index contributed by atoms with van der Waals surface area (Å²) in [7, 11) is 0. The SMILES string of the molecule is Oc1c(-c2c(-c3ccccc3)cc3cccc(-c4ccccc4)c3c2O)c(-c2ccccc2)cc2cccc(-c3ccccc3)c12.